The summed E-state index contributed by atoms with van der Waals surface area (Å²) in [6.45, 7) is 0. The van der Waals surface area contributed by atoms with Crippen LogP contribution in [0.25, 0.3) is 27.6 Å². The van der Waals surface area contributed by atoms with Gasteiger partial charge in [-0.15, -0.1) is 0 Å². The summed E-state index contributed by atoms with van der Waals surface area (Å²) in [6, 6.07) is 26.0. The Labute approximate surface area is 177 Å². The monoisotopic (exact) mass is 414 g/mol. The second-order valence-electron chi connectivity index (χ2n) is 6.67. The van der Waals surface area contributed by atoms with E-state index < -0.39 is 0 Å². The zero-order chi connectivity index (χ0) is 19.8. The summed E-state index contributed by atoms with van der Waals surface area (Å²) >= 11 is 7.52. The van der Waals surface area contributed by atoms with Gasteiger partial charge < -0.3 is 5.32 Å². The molecule has 0 bridgehead atoms. The van der Waals surface area contributed by atoms with E-state index in [0.717, 1.165) is 27.1 Å². The van der Waals surface area contributed by atoms with Crippen LogP contribution in [0.4, 0.5) is 5.69 Å². The minimum Gasteiger partial charge on any atom is -0.300 e. The fraction of sp³-hybridized carbons (Fsp3) is 0. The Morgan fingerprint density at radius 3 is 2.17 bits per heavy atom. The fourth-order valence-corrected chi connectivity index (χ4v) is 4.46. The van der Waals surface area contributed by atoms with Crippen LogP contribution in [0.15, 0.2) is 88.8 Å². The molecule has 0 saturated carbocycles. The molecule has 1 fully saturated rings. The van der Waals surface area contributed by atoms with Crippen molar-refractivity contribution in [3.63, 3.8) is 0 Å². The van der Waals surface area contributed by atoms with Crippen molar-refractivity contribution in [1.29, 1.82) is 0 Å². The normalized spacial score (nSPS) is 16.8. The Hall–Kier alpha value is -3.08. The van der Waals surface area contributed by atoms with Crippen LogP contribution in [-0.2, 0) is 4.79 Å². The number of carbonyl (C=O) groups is 1. The van der Waals surface area contributed by atoms with Crippen LogP contribution >= 0.6 is 23.4 Å². The third kappa shape index (κ3) is 3.41. The molecule has 29 heavy (non-hydrogen) atoms. The molecular formula is C24H15ClN2OS. The van der Waals surface area contributed by atoms with Gasteiger partial charge in [-0.25, -0.2) is 4.99 Å². The molecule has 1 aliphatic rings. The van der Waals surface area contributed by atoms with Crippen LogP contribution in [0, 0.1) is 0 Å². The third-order valence-electron chi connectivity index (χ3n) is 4.81. The number of nitrogens with zero attached hydrogens (tertiary/aromatic N) is 1. The number of para-hydroxylation sites is 1. The maximum absolute atomic E-state index is 12.6. The first-order chi connectivity index (χ1) is 14.2. The summed E-state index contributed by atoms with van der Waals surface area (Å²) in [6.07, 6.45) is 1.96. The van der Waals surface area contributed by atoms with E-state index in [1.807, 2.05) is 48.5 Å². The topological polar surface area (TPSA) is 41.5 Å². The number of benzene rings is 4. The van der Waals surface area contributed by atoms with E-state index in [9.17, 15) is 4.79 Å². The number of hydrogen-bond donors (Lipinski definition) is 1. The third-order valence-corrected chi connectivity index (χ3v) is 6.04. The highest BCUT2D eigenvalue weighted by Gasteiger charge is 2.24. The number of carbonyl (C=O) groups excluding carboxylic acids is 1. The Bertz CT molecular complexity index is 1290. The van der Waals surface area contributed by atoms with Crippen LogP contribution in [0.2, 0.25) is 5.02 Å². The highest BCUT2D eigenvalue weighted by atomic mass is 35.5. The van der Waals surface area contributed by atoms with Crippen molar-refractivity contribution in [1.82, 2.24) is 5.32 Å². The van der Waals surface area contributed by atoms with Crippen LogP contribution in [-0.4, -0.2) is 11.1 Å². The van der Waals surface area contributed by atoms with Gasteiger partial charge in [-0.3, -0.25) is 4.79 Å². The van der Waals surface area contributed by atoms with Gasteiger partial charge in [0.2, 0.25) is 0 Å². The van der Waals surface area contributed by atoms with Gasteiger partial charge >= 0.3 is 0 Å². The molecule has 0 atom stereocenters. The molecule has 1 heterocycles. The van der Waals surface area contributed by atoms with Crippen LogP contribution in [0.1, 0.15) is 5.56 Å². The molecular weight excluding hydrogens is 400 g/mol. The van der Waals surface area contributed by atoms with Crippen molar-refractivity contribution < 1.29 is 4.79 Å². The molecule has 1 N–H and O–H groups in total. The lowest BCUT2D eigenvalue weighted by Crippen LogP contribution is -2.19. The van der Waals surface area contributed by atoms with E-state index in [2.05, 4.69) is 40.6 Å². The number of thioether (sulfide) groups is 1. The van der Waals surface area contributed by atoms with E-state index in [4.69, 9.17) is 11.6 Å². The lowest BCUT2D eigenvalue weighted by molar-refractivity contribution is -0.115. The molecule has 4 aromatic rings. The molecule has 1 saturated heterocycles. The molecule has 0 aliphatic carbocycles. The summed E-state index contributed by atoms with van der Waals surface area (Å²) in [5.74, 6) is -0.155. The summed E-state index contributed by atoms with van der Waals surface area (Å²) in [7, 11) is 0. The highest BCUT2D eigenvalue weighted by Crippen LogP contribution is 2.35. The Kier molecular flexibility index (Phi) is 4.58. The largest absolute Gasteiger partial charge is 0.300 e. The summed E-state index contributed by atoms with van der Waals surface area (Å²) in [5, 5.41) is 8.44. The first kappa shape index (κ1) is 18.0. The van der Waals surface area contributed by atoms with E-state index in [1.165, 1.54) is 11.8 Å². The van der Waals surface area contributed by atoms with E-state index in [1.54, 1.807) is 6.07 Å². The quantitative estimate of drug-likeness (QED) is 0.299. The average Bonchev–Trinajstić information content (AvgIpc) is 3.08. The fourth-order valence-electron chi connectivity index (χ4n) is 3.47. The number of aliphatic imine (C=N–C) groups is 1. The van der Waals surface area contributed by atoms with Crippen molar-refractivity contribution in [2.24, 2.45) is 4.99 Å². The number of amidine groups is 1. The molecule has 0 radical (unpaired) electrons. The molecule has 140 valence electrons. The molecule has 0 spiro atoms. The second-order valence-corrected chi connectivity index (χ2v) is 8.10. The molecule has 1 aliphatic heterocycles. The van der Waals surface area contributed by atoms with E-state index in [-0.39, 0.29) is 5.91 Å². The van der Waals surface area contributed by atoms with Crippen molar-refractivity contribution in [3.05, 3.63) is 94.4 Å². The number of nitrogens with one attached hydrogen (secondary N) is 1. The maximum Gasteiger partial charge on any atom is 0.264 e. The Morgan fingerprint density at radius 2 is 1.48 bits per heavy atom. The van der Waals surface area contributed by atoms with Crippen molar-refractivity contribution in [3.8, 4) is 0 Å². The number of rotatable bonds is 2. The van der Waals surface area contributed by atoms with E-state index >= 15 is 0 Å². The second kappa shape index (κ2) is 7.39. The van der Waals surface area contributed by atoms with Crippen molar-refractivity contribution >= 4 is 67.7 Å². The number of amides is 1. The zero-order valence-electron chi connectivity index (χ0n) is 15.2. The first-order valence-corrected chi connectivity index (χ1v) is 10.3. The molecule has 4 aromatic carbocycles. The summed E-state index contributed by atoms with van der Waals surface area (Å²) < 4.78 is 0. The van der Waals surface area contributed by atoms with Gasteiger partial charge in [0.1, 0.15) is 0 Å². The average molecular weight is 415 g/mol. The predicted molar refractivity (Wildman–Crippen MR) is 124 cm³/mol. The van der Waals surface area contributed by atoms with Crippen LogP contribution in [0.3, 0.4) is 0 Å². The van der Waals surface area contributed by atoms with Gasteiger partial charge in [0.05, 0.1) is 15.6 Å². The lowest BCUT2D eigenvalue weighted by atomic mass is 9.96. The standard InChI is InChI=1S/C24H15ClN2OS/c25-20-11-5-6-12-21(20)26-24-27-23(28)22(29-24)14-19-17-9-3-1-7-15(17)13-16-8-2-4-10-18(16)19/h1-14H,(H,26,27,28)/b22-14-. The number of hydrogen-bond acceptors (Lipinski definition) is 3. The lowest BCUT2D eigenvalue weighted by Gasteiger charge is -2.08. The van der Waals surface area contributed by atoms with Crippen molar-refractivity contribution in [2.45, 2.75) is 0 Å². The first-order valence-electron chi connectivity index (χ1n) is 9.14. The minimum atomic E-state index is -0.155. The maximum atomic E-state index is 12.6. The molecule has 5 rings (SSSR count). The molecule has 0 unspecified atom stereocenters. The van der Waals surface area contributed by atoms with Gasteiger partial charge in [0.25, 0.3) is 5.91 Å². The van der Waals surface area contributed by atoms with Crippen LogP contribution in [0.5, 0.6) is 0 Å². The highest BCUT2D eigenvalue weighted by molar-refractivity contribution is 8.18. The Balaban J connectivity index is 1.63. The SMILES string of the molecule is O=C1NC(=Nc2ccccc2Cl)S/C1=C\c1c2ccccc2cc2ccccc12. The van der Waals surface area contributed by atoms with Gasteiger partial charge in [0, 0.05) is 0 Å². The smallest absolute Gasteiger partial charge is 0.264 e. The van der Waals surface area contributed by atoms with Gasteiger partial charge in [-0.05, 0) is 63.1 Å². The molecule has 5 heteroatoms. The van der Waals surface area contributed by atoms with Crippen LogP contribution < -0.4 is 5.32 Å². The number of fused-ring (bicyclic) bond motifs is 2. The van der Waals surface area contributed by atoms with Gasteiger partial charge in [0.15, 0.2) is 5.17 Å². The zero-order valence-corrected chi connectivity index (χ0v) is 16.8. The van der Waals surface area contributed by atoms with Gasteiger partial charge in [-0.1, -0.05) is 72.3 Å². The number of halogens is 1. The molecule has 1 amide bonds. The minimum absolute atomic E-state index is 0.155. The summed E-state index contributed by atoms with van der Waals surface area (Å²) in [4.78, 5) is 17.7. The predicted octanol–water partition coefficient (Wildman–Crippen LogP) is 6.54. The van der Waals surface area contributed by atoms with Gasteiger partial charge in [-0.2, -0.15) is 0 Å². The molecule has 0 aromatic heterocycles. The summed E-state index contributed by atoms with van der Waals surface area (Å²) in [5.41, 5.74) is 1.67. The van der Waals surface area contributed by atoms with Crippen molar-refractivity contribution in [2.75, 3.05) is 0 Å². The Morgan fingerprint density at radius 1 is 0.862 bits per heavy atom. The van der Waals surface area contributed by atoms with E-state index in [0.29, 0.717) is 20.8 Å². The molecule has 3 nitrogen and oxygen atoms in total.